The van der Waals surface area contributed by atoms with Crippen LogP contribution >= 0.6 is 0 Å². The maximum atomic E-state index is 11.6. The van der Waals surface area contributed by atoms with E-state index in [0.29, 0.717) is 17.6 Å². The van der Waals surface area contributed by atoms with Gasteiger partial charge in [-0.15, -0.1) is 0 Å². The zero-order valence-corrected chi connectivity index (χ0v) is 8.05. The van der Waals surface area contributed by atoms with Gasteiger partial charge in [-0.3, -0.25) is 4.79 Å². The average Bonchev–Trinajstić information content (AvgIpc) is 2.71. The predicted molar refractivity (Wildman–Crippen MR) is 48.7 cm³/mol. The average molecular weight is 164 g/mol. The van der Waals surface area contributed by atoms with Crippen molar-refractivity contribution in [3.8, 4) is 0 Å². The number of allylic oxidation sites excluding steroid dienone is 1. The maximum Gasteiger partial charge on any atom is 0.161 e. The minimum atomic E-state index is 0.219. The molecule has 0 heterocycles. The molecule has 0 amide bonds. The summed E-state index contributed by atoms with van der Waals surface area (Å²) in [5.41, 5.74) is 1.13. The van der Waals surface area contributed by atoms with Gasteiger partial charge < -0.3 is 0 Å². The molecule has 2 saturated carbocycles. The molecule has 0 aromatic rings. The quantitative estimate of drug-likeness (QED) is 0.544. The largest absolute Gasteiger partial charge is 0.294 e. The van der Waals surface area contributed by atoms with Gasteiger partial charge in [0.1, 0.15) is 0 Å². The van der Waals surface area contributed by atoms with E-state index in [9.17, 15) is 4.79 Å². The van der Waals surface area contributed by atoms with Crippen molar-refractivity contribution in [3.63, 3.8) is 0 Å². The van der Waals surface area contributed by atoms with E-state index in [0.717, 1.165) is 5.57 Å². The van der Waals surface area contributed by atoms with Gasteiger partial charge in [0.15, 0.2) is 5.78 Å². The first kappa shape index (κ1) is 8.03. The first-order valence-corrected chi connectivity index (χ1v) is 4.75. The highest BCUT2D eigenvalue weighted by atomic mass is 16.1. The Morgan fingerprint density at radius 1 is 1.58 bits per heavy atom. The molecule has 2 aliphatic carbocycles. The van der Waals surface area contributed by atoms with E-state index in [2.05, 4.69) is 27.4 Å². The van der Waals surface area contributed by atoms with E-state index in [1.54, 1.807) is 0 Å². The molecular formula is C11H16O. The van der Waals surface area contributed by atoms with E-state index in [4.69, 9.17) is 0 Å². The summed E-state index contributed by atoms with van der Waals surface area (Å²) in [5.74, 6) is 1.78. The number of hydrogen-bond acceptors (Lipinski definition) is 1. The lowest BCUT2D eigenvalue weighted by atomic mass is 9.86. The van der Waals surface area contributed by atoms with Crippen molar-refractivity contribution in [2.45, 2.75) is 27.2 Å². The first-order valence-electron chi connectivity index (χ1n) is 4.75. The summed E-state index contributed by atoms with van der Waals surface area (Å²) in [6.45, 7) is 10.4. The Kier molecular flexibility index (Phi) is 1.35. The van der Waals surface area contributed by atoms with Crippen LogP contribution in [-0.2, 0) is 4.79 Å². The van der Waals surface area contributed by atoms with Crippen molar-refractivity contribution in [3.05, 3.63) is 12.2 Å². The fraction of sp³-hybridized carbons (Fsp3) is 0.727. The van der Waals surface area contributed by atoms with Gasteiger partial charge >= 0.3 is 0 Å². The van der Waals surface area contributed by atoms with E-state index in [-0.39, 0.29) is 11.3 Å². The molecule has 66 valence electrons. The number of rotatable bonds is 1. The molecule has 0 radical (unpaired) electrons. The Bertz CT molecular complexity index is 264. The Morgan fingerprint density at radius 3 is 2.42 bits per heavy atom. The number of carbonyl (C=O) groups is 1. The van der Waals surface area contributed by atoms with Crippen molar-refractivity contribution in [1.82, 2.24) is 0 Å². The van der Waals surface area contributed by atoms with Crippen LogP contribution in [0.5, 0.6) is 0 Å². The molecule has 0 aliphatic heterocycles. The number of Topliss-reactive ketones (excluding diaryl/α,β-unsaturated/α-hetero) is 1. The Labute approximate surface area is 73.8 Å². The third-order valence-electron chi connectivity index (χ3n) is 3.97. The zero-order valence-electron chi connectivity index (χ0n) is 8.05. The third-order valence-corrected chi connectivity index (χ3v) is 3.97. The summed E-state index contributed by atoms with van der Waals surface area (Å²) in [6.07, 6.45) is 1.20. The standard InChI is InChI=1S/C11H16O/c1-6(2)11-5-9(11)7(3)10(12)8(11)4/h6-7,9H,4-5H2,1-3H3. The molecule has 0 bridgehead atoms. The van der Waals surface area contributed by atoms with Gasteiger partial charge in [-0.05, 0) is 23.8 Å². The molecule has 2 rings (SSSR count). The second-order valence-corrected chi connectivity index (χ2v) is 4.64. The first-order chi connectivity index (χ1) is 5.51. The van der Waals surface area contributed by atoms with E-state index >= 15 is 0 Å². The van der Waals surface area contributed by atoms with Crippen LogP contribution in [0, 0.1) is 23.2 Å². The summed E-state index contributed by atoms with van der Waals surface area (Å²) < 4.78 is 0. The highest BCUT2D eigenvalue weighted by Gasteiger charge is 2.67. The van der Waals surface area contributed by atoms with Gasteiger partial charge in [-0.1, -0.05) is 27.4 Å². The molecule has 0 spiro atoms. The fourth-order valence-electron chi connectivity index (χ4n) is 2.97. The topological polar surface area (TPSA) is 17.1 Å². The Morgan fingerprint density at radius 2 is 2.17 bits per heavy atom. The van der Waals surface area contributed by atoms with Gasteiger partial charge in [-0.25, -0.2) is 0 Å². The molecular weight excluding hydrogens is 148 g/mol. The van der Waals surface area contributed by atoms with Crippen molar-refractivity contribution in [2.24, 2.45) is 23.2 Å². The van der Waals surface area contributed by atoms with Crippen LogP contribution in [0.1, 0.15) is 27.2 Å². The molecule has 0 N–H and O–H groups in total. The van der Waals surface area contributed by atoms with Crippen LogP contribution in [0.25, 0.3) is 0 Å². The minimum Gasteiger partial charge on any atom is -0.294 e. The smallest absolute Gasteiger partial charge is 0.161 e. The van der Waals surface area contributed by atoms with Gasteiger partial charge in [-0.2, -0.15) is 0 Å². The summed E-state index contributed by atoms with van der Waals surface area (Å²) >= 11 is 0. The summed E-state index contributed by atoms with van der Waals surface area (Å²) in [4.78, 5) is 11.6. The van der Waals surface area contributed by atoms with Crippen molar-refractivity contribution in [1.29, 1.82) is 0 Å². The summed E-state index contributed by atoms with van der Waals surface area (Å²) in [7, 11) is 0. The normalized spacial score (nSPS) is 45.3. The van der Waals surface area contributed by atoms with Crippen molar-refractivity contribution >= 4 is 5.78 Å². The van der Waals surface area contributed by atoms with Crippen molar-refractivity contribution < 1.29 is 4.79 Å². The highest BCUT2D eigenvalue weighted by Crippen LogP contribution is 2.70. The zero-order chi connectivity index (χ0) is 9.09. The fourth-order valence-corrected chi connectivity index (χ4v) is 2.97. The molecule has 1 heteroatoms. The van der Waals surface area contributed by atoms with Crippen LogP contribution in [0.15, 0.2) is 12.2 Å². The second kappa shape index (κ2) is 2.01. The molecule has 0 saturated heterocycles. The molecule has 1 nitrogen and oxygen atoms in total. The number of carbonyl (C=O) groups excluding carboxylic acids is 1. The number of ketones is 1. The van der Waals surface area contributed by atoms with Crippen LogP contribution in [0.2, 0.25) is 0 Å². The predicted octanol–water partition coefficient (Wildman–Crippen LogP) is 2.42. The van der Waals surface area contributed by atoms with Crippen molar-refractivity contribution in [2.75, 3.05) is 0 Å². The Balaban J connectivity index is 2.36. The molecule has 3 atom stereocenters. The molecule has 12 heavy (non-hydrogen) atoms. The lowest BCUT2D eigenvalue weighted by molar-refractivity contribution is -0.118. The highest BCUT2D eigenvalue weighted by molar-refractivity contribution is 6.02. The van der Waals surface area contributed by atoms with E-state index in [1.165, 1.54) is 6.42 Å². The van der Waals surface area contributed by atoms with Gasteiger partial charge in [0.05, 0.1) is 0 Å². The molecule has 0 aromatic heterocycles. The van der Waals surface area contributed by atoms with Gasteiger partial charge in [0.25, 0.3) is 0 Å². The molecule has 3 unspecified atom stereocenters. The number of fused-ring (bicyclic) bond motifs is 1. The van der Waals surface area contributed by atoms with Gasteiger partial charge in [0, 0.05) is 11.3 Å². The lowest BCUT2D eigenvalue weighted by Crippen LogP contribution is -2.14. The molecule has 2 fully saturated rings. The summed E-state index contributed by atoms with van der Waals surface area (Å²) in [5, 5.41) is 0. The number of hydrogen-bond donors (Lipinski definition) is 0. The van der Waals surface area contributed by atoms with Crippen LogP contribution in [-0.4, -0.2) is 5.78 Å². The van der Waals surface area contributed by atoms with E-state index < -0.39 is 0 Å². The van der Waals surface area contributed by atoms with E-state index in [1.807, 2.05) is 0 Å². The molecule has 0 aromatic carbocycles. The second-order valence-electron chi connectivity index (χ2n) is 4.64. The maximum absolute atomic E-state index is 11.6. The SMILES string of the molecule is C=C1C(=O)C(C)C2CC12C(C)C. The monoisotopic (exact) mass is 164 g/mol. The summed E-state index contributed by atoms with van der Waals surface area (Å²) in [6, 6.07) is 0. The molecule has 2 aliphatic rings. The minimum absolute atomic E-state index is 0.219. The lowest BCUT2D eigenvalue weighted by Gasteiger charge is -2.17. The van der Waals surface area contributed by atoms with Gasteiger partial charge in [0.2, 0.25) is 0 Å². The van der Waals surface area contributed by atoms with Crippen LogP contribution in [0.4, 0.5) is 0 Å². The van der Waals surface area contributed by atoms with Crippen LogP contribution in [0.3, 0.4) is 0 Å². The van der Waals surface area contributed by atoms with Crippen LogP contribution < -0.4 is 0 Å². The Hall–Kier alpha value is -0.590. The third kappa shape index (κ3) is 0.634.